The molecule has 0 aromatic rings. The second-order valence-electron chi connectivity index (χ2n) is 2.54. The highest BCUT2D eigenvalue weighted by Crippen LogP contribution is 2.08. The molecule has 0 fully saturated rings. The predicted octanol–water partition coefficient (Wildman–Crippen LogP) is 2.20. The molecule has 60 valence electrons. The van der Waals surface area contributed by atoms with E-state index >= 15 is 0 Å². The van der Waals surface area contributed by atoms with Crippen molar-refractivity contribution < 1.29 is 0 Å². The summed E-state index contributed by atoms with van der Waals surface area (Å²) in [5, 5.41) is 0. The zero-order valence-electron chi connectivity index (χ0n) is 6.55. The van der Waals surface area contributed by atoms with Gasteiger partial charge in [0.2, 0.25) is 0 Å². The van der Waals surface area contributed by atoms with Crippen LogP contribution in [0.2, 0.25) is 0 Å². The van der Waals surface area contributed by atoms with Crippen LogP contribution in [0.5, 0.6) is 0 Å². The third kappa shape index (κ3) is 2.58. The van der Waals surface area contributed by atoms with Crippen LogP contribution in [-0.4, -0.2) is 23.4 Å². The molecule has 2 nitrogen and oxygen atoms in total. The molecule has 3 heteroatoms. The van der Waals surface area contributed by atoms with Gasteiger partial charge in [-0.2, -0.15) is 0 Å². The van der Waals surface area contributed by atoms with Gasteiger partial charge in [0.05, 0.1) is 10.7 Å². The summed E-state index contributed by atoms with van der Waals surface area (Å²) in [6.45, 7) is 6.67. The molecule has 1 atom stereocenters. The van der Waals surface area contributed by atoms with E-state index in [1.54, 1.807) is 0 Å². The van der Waals surface area contributed by atoms with Crippen molar-refractivity contribution in [2.75, 3.05) is 6.54 Å². The van der Waals surface area contributed by atoms with Crippen molar-refractivity contribution in [1.82, 2.24) is 0 Å². The fourth-order valence-corrected chi connectivity index (χ4v) is 1.29. The SMILES string of the molecule is C=C1C=NCCC(Br)=NC1C. The molecule has 0 aromatic heterocycles. The lowest BCUT2D eigenvalue weighted by Crippen LogP contribution is -2.09. The fraction of sp³-hybridized carbons (Fsp3) is 0.500. The maximum atomic E-state index is 4.36. The molecule has 1 aliphatic rings. The second-order valence-corrected chi connectivity index (χ2v) is 3.46. The summed E-state index contributed by atoms with van der Waals surface area (Å²) in [5.41, 5.74) is 0.974. The molecule has 0 radical (unpaired) electrons. The molecule has 0 N–H and O–H groups in total. The number of nitrogens with zero attached hydrogens (tertiary/aromatic N) is 2. The average molecular weight is 215 g/mol. The lowest BCUT2D eigenvalue weighted by Gasteiger charge is -2.09. The average Bonchev–Trinajstić information content (AvgIpc) is 1.95. The van der Waals surface area contributed by atoms with E-state index in [1.165, 1.54) is 0 Å². The topological polar surface area (TPSA) is 24.7 Å². The van der Waals surface area contributed by atoms with Gasteiger partial charge in [-0.3, -0.25) is 9.98 Å². The highest BCUT2D eigenvalue weighted by atomic mass is 79.9. The Morgan fingerprint density at radius 1 is 1.73 bits per heavy atom. The Morgan fingerprint density at radius 2 is 2.45 bits per heavy atom. The Balaban J connectivity index is 2.75. The minimum absolute atomic E-state index is 0.161. The molecule has 0 aromatic carbocycles. The minimum Gasteiger partial charge on any atom is -0.292 e. The Labute approximate surface area is 75.3 Å². The Kier molecular flexibility index (Phi) is 3.00. The van der Waals surface area contributed by atoms with Crippen LogP contribution >= 0.6 is 15.9 Å². The van der Waals surface area contributed by atoms with E-state index in [2.05, 4.69) is 32.5 Å². The van der Waals surface area contributed by atoms with Crippen molar-refractivity contribution in [3.63, 3.8) is 0 Å². The van der Waals surface area contributed by atoms with Gasteiger partial charge in [-0.15, -0.1) is 0 Å². The Bertz CT molecular complexity index is 218. The molecule has 1 heterocycles. The summed E-state index contributed by atoms with van der Waals surface area (Å²) >= 11 is 3.38. The predicted molar refractivity (Wildman–Crippen MR) is 52.9 cm³/mol. The monoisotopic (exact) mass is 214 g/mol. The molecule has 0 saturated heterocycles. The fourth-order valence-electron chi connectivity index (χ4n) is 0.804. The van der Waals surface area contributed by atoms with Crippen LogP contribution < -0.4 is 0 Å². The van der Waals surface area contributed by atoms with Gasteiger partial charge < -0.3 is 0 Å². The van der Waals surface area contributed by atoms with Gasteiger partial charge in [0.1, 0.15) is 0 Å². The first-order valence-electron chi connectivity index (χ1n) is 3.61. The van der Waals surface area contributed by atoms with Crippen LogP contribution in [0.25, 0.3) is 0 Å². The smallest absolute Gasteiger partial charge is 0.0799 e. The van der Waals surface area contributed by atoms with Crippen molar-refractivity contribution in [3.8, 4) is 0 Å². The van der Waals surface area contributed by atoms with Gasteiger partial charge >= 0.3 is 0 Å². The van der Waals surface area contributed by atoms with Crippen molar-refractivity contribution in [2.45, 2.75) is 19.4 Å². The molecule has 1 rings (SSSR count). The van der Waals surface area contributed by atoms with Gasteiger partial charge in [-0.05, 0) is 28.4 Å². The van der Waals surface area contributed by atoms with E-state index in [9.17, 15) is 0 Å². The molecule has 1 aliphatic heterocycles. The Hall–Kier alpha value is -0.440. The number of halogens is 1. The van der Waals surface area contributed by atoms with Gasteiger partial charge in [0, 0.05) is 19.2 Å². The summed E-state index contributed by atoms with van der Waals surface area (Å²) < 4.78 is 0.989. The van der Waals surface area contributed by atoms with E-state index in [4.69, 9.17) is 0 Å². The Morgan fingerprint density at radius 3 is 3.18 bits per heavy atom. The van der Waals surface area contributed by atoms with E-state index < -0.39 is 0 Å². The first kappa shape index (κ1) is 8.65. The van der Waals surface area contributed by atoms with Crippen LogP contribution in [0.4, 0.5) is 0 Å². The maximum absolute atomic E-state index is 4.36. The summed E-state index contributed by atoms with van der Waals surface area (Å²) in [7, 11) is 0. The minimum atomic E-state index is 0.161. The van der Waals surface area contributed by atoms with Gasteiger partial charge in [-0.1, -0.05) is 6.58 Å². The van der Waals surface area contributed by atoms with Crippen LogP contribution in [0, 0.1) is 0 Å². The van der Waals surface area contributed by atoms with Gasteiger partial charge in [-0.25, -0.2) is 0 Å². The molecule has 0 aliphatic carbocycles. The molecule has 0 amide bonds. The molecular formula is C8H11BrN2. The molecule has 11 heavy (non-hydrogen) atoms. The first-order valence-corrected chi connectivity index (χ1v) is 4.40. The first-order chi connectivity index (χ1) is 5.20. The van der Waals surface area contributed by atoms with Crippen molar-refractivity contribution in [3.05, 3.63) is 12.2 Å². The van der Waals surface area contributed by atoms with E-state index in [1.807, 2.05) is 13.1 Å². The van der Waals surface area contributed by atoms with Crippen molar-refractivity contribution in [2.24, 2.45) is 9.98 Å². The van der Waals surface area contributed by atoms with Crippen molar-refractivity contribution in [1.29, 1.82) is 0 Å². The quantitative estimate of drug-likeness (QED) is 0.591. The van der Waals surface area contributed by atoms with Gasteiger partial charge in [0.25, 0.3) is 0 Å². The normalized spacial score (nSPS) is 25.8. The van der Waals surface area contributed by atoms with Crippen LogP contribution in [0.1, 0.15) is 13.3 Å². The third-order valence-corrected chi connectivity index (χ3v) is 2.18. The summed E-state index contributed by atoms with van der Waals surface area (Å²) in [4.78, 5) is 8.54. The highest BCUT2D eigenvalue weighted by Gasteiger charge is 2.05. The third-order valence-electron chi connectivity index (χ3n) is 1.57. The van der Waals surface area contributed by atoms with E-state index in [0.717, 1.165) is 23.2 Å². The van der Waals surface area contributed by atoms with Crippen LogP contribution in [-0.2, 0) is 0 Å². The summed E-state index contributed by atoms with van der Waals surface area (Å²) in [5.74, 6) is 0. The van der Waals surface area contributed by atoms with Crippen LogP contribution in [0.3, 0.4) is 0 Å². The zero-order chi connectivity index (χ0) is 8.27. The van der Waals surface area contributed by atoms with Gasteiger partial charge in [0.15, 0.2) is 0 Å². The molecular weight excluding hydrogens is 204 g/mol. The van der Waals surface area contributed by atoms with Crippen molar-refractivity contribution >= 4 is 26.8 Å². The molecule has 0 bridgehead atoms. The number of aliphatic imine (C=N–C) groups is 2. The zero-order valence-corrected chi connectivity index (χ0v) is 8.13. The maximum Gasteiger partial charge on any atom is 0.0799 e. The highest BCUT2D eigenvalue weighted by molar-refractivity contribution is 9.18. The number of rotatable bonds is 0. The molecule has 0 saturated carbocycles. The lowest BCUT2D eigenvalue weighted by atomic mass is 10.2. The molecule has 1 unspecified atom stereocenters. The largest absolute Gasteiger partial charge is 0.292 e. The van der Waals surface area contributed by atoms with Crippen LogP contribution in [0.15, 0.2) is 22.1 Å². The van der Waals surface area contributed by atoms with E-state index in [-0.39, 0.29) is 6.04 Å². The standard InChI is InChI=1S/C8H11BrN2/c1-6-5-10-4-3-8(9)11-7(6)2/h5,7H,1,3-4H2,2H3. The summed E-state index contributed by atoms with van der Waals surface area (Å²) in [6, 6.07) is 0.161. The second kappa shape index (κ2) is 3.81. The lowest BCUT2D eigenvalue weighted by molar-refractivity contribution is 0.885. The molecule has 0 spiro atoms. The van der Waals surface area contributed by atoms with E-state index in [0.29, 0.717) is 0 Å². The number of hydrogen-bond donors (Lipinski definition) is 0. The number of hydrogen-bond acceptors (Lipinski definition) is 2. The summed E-state index contributed by atoms with van der Waals surface area (Å²) in [6.07, 6.45) is 2.71.